The van der Waals surface area contributed by atoms with Gasteiger partial charge in [0.2, 0.25) is 10.0 Å². The van der Waals surface area contributed by atoms with Crippen LogP contribution in [-0.4, -0.2) is 53.2 Å². The third-order valence-corrected chi connectivity index (χ3v) is 6.99. The Morgan fingerprint density at radius 2 is 1.82 bits per heavy atom. The summed E-state index contributed by atoms with van der Waals surface area (Å²) in [5.41, 5.74) is 0.951. The fourth-order valence-electron chi connectivity index (χ4n) is 3.77. The van der Waals surface area contributed by atoms with Crippen molar-refractivity contribution in [2.24, 2.45) is 0 Å². The normalized spacial score (nSPS) is 11.3. The number of fused-ring (bicyclic) bond motifs is 1. The lowest BCUT2D eigenvalue weighted by atomic mass is 10.1. The van der Waals surface area contributed by atoms with E-state index in [0.29, 0.717) is 27.5 Å². The summed E-state index contributed by atoms with van der Waals surface area (Å²) >= 11 is 6.18. The van der Waals surface area contributed by atoms with Gasteiger partial charge in [0.15, 0.2) is 11.5 Å². The second-order valence-electron chi connectivity index (χ2n) is 8.04. The Kier molecular flexibility index (Phi) is 8.00. The van der Waals surface area contributed by atoms with Crippen molar-refractivity contribution in [3.8, 4) is 34.3 Å². The van der Waals surface area contributed by atoms with Crippen molar-refractivity contribution >= 4 is 44.4 Å². The molecule has 0 bridgehead atoms. The lowest BCUT2D eigenvalue weighted by molar-refractivity contribution is 0.203. The number of hydrogen-bond acceptors (Lipinski definition) is 8. The molecule has 1 amide bonds. The van der Waals surface area contributed by atoms with Crippen molar-refractivity contribution in [3.63, 3.8) is 0 Å². The van der Waals surface area contributed by atoms with Gasteiger partial charge in [0, 0.05) is 18.7 Å². The summed E-state index contributed by atoms with van der Waals surface area (Å²) in [5.74, 6) is 1.52. The van der Waals surface area contributed by atoms with E-state index in [0.717, 1.165) is 10.6 Å². The molecule has 0 saturated heterocycles. The monoisotopic (exact) mass is 560 g/mol. The number of para-hydroxylation sites is 1. The highest BCUT2D eigenvalue weighted by molar-refractivity contribution is 7.92. The number of sulfonamides is 1. The fourth-order valence-corrected chi connectivity index (χ4v) is 4.86. The maximum absolute atomic E-state index is 12.4. The van der Waals surface area contributed by atoms with Crippen LogP contribution in [0.25, 0.3) is 22.3 Å². The zero-order valence-corrected chi connectivity index (χ0v) is 22.3. The maximum Gasteiger partial charge on any atom is 0.412 e. The fraction of sp³-hybridized carbons (Fsp3) is 0.192. The van der Waals surface area contributed by atoms with E-state index in [4.69, 9.17) is 30.2 Å². The van der Waals surface area contributed by atoms with Gasteiger partial charge in [-0.25, -0.2) is 13.2 Å². The molecule has 1 heterocycles. The Morgan fingerprint density at radius 1 is 1.11 bits per heavy atom. The highest BCUT2D eigenvalue weighted by Gasteiger charge is 2.26. The lowest BCUT2D eigenvalue weighted by Crippen LogP contribution is -2.32. The van der Waals surface area contributed by atoms with Crippen LogP contribution in [0.1, 0.15) is 0 Å². The topological polar surface area (TPSA) is 128 Å². The molecule has 4 rings (SSSR count). The molecular weight excluding hydrogens is 536 g/mol. The Balaban J connectivity index is 1.82. The number of rotatable bonds is 9. The second-order valence-corrected chi connectivity index (χ2v) is 10.3. The average Bonchev–Trinajstić information content (AvgIpc) is 3.24. The van der Waals surface area contributed by atoms with Crippen LogP contribution in [-0.2, 0) is 10.0 Å². The number of anilines is 1. The summed E-state index contributed by atoms with van der Waals surface area (Å²) in [7, 11) is -0.964. The first kappa shape index (κ1) is 27.1. The quantitative estimate of drug-likeness (QED) is 0.292. The molecule has 3 aromatic carbocycles. The first-order valence-corrected chi connectivity index (χ1v) is 13.5. The Bertz CT molecular complexity index is 1570. The molecule has 0 radical (unpaired) electrons. The van der Waals surface area contributed by atoms with Gasteiger partial charge >= 0.3 is 6.09 Å². The first-order valence-electron chi connectivity index (χ1n) is 11.3. The maximum atomic E-state index is 12.4. The van der Waals surface area contributed by atoms with Crippen molar-refractivity contribution < 1.29 is 36.9 Å². The van der Waals surface area contributed by atoms with E-state index in [2.05, 4.69) is 5.32 Å². The van der Waals surface area contributed by atoms with Gasteiger partial charge in [-0.3, -0.25) is 4.31 Å². The molecule has 0 fully saturated rings. The lowest BCUT2D eigenvalue weighted by Gasteiger charge is -2.23. The summed E-state index contributed by atoms with van der Waals surface area (Å²) in [5, 5.41) is 12.7. The number of amides is 1. The van der Waals surface area contributed by atoms with Gasteiger partial charge in [0.1, 0.15) is 22.8 Å². The molecular formula is C26H25ClN2O8S. The van der Waals surface area contributed by atoms with Crippen molar-refractivity contribution in [3.05, 3.63) is 65.7 Å². The Hall–Kier alpha value is -3.93. The van der Waals surface area contributed by atoms with E-state index in [1.54, 1.807) is 48.5 Å². The predicted molar refractivity (Wildman–Crippen MR) is 144 cm³/mol. The molecule has 0 saturated carbocycles. The van der Waals surface area contributed by atoms with Crippen LogP contribution in [0, 0.1) is 0 Å². The first-order chi connectivity index (χ1) is 18.2. The molecule has 200 valence electrons. The molecule has 0 unspecified atom stereocenters. The zero-order valence-electron chi connectivity index (χ0n) is 20.7. The largest absolute Gasteiger partial charge is 0.495 e. The van der Waals surface area contributed by atoms with Gasteiger partial charge in [-0.2, -0.15) is 0 Å². The molecule has 12 heteroatoms. The third-order valence-electron chi connectivity index (χ3n) is 5.50. The summed E-state index contributed by atoms with van der Waals surface area (Å²) < 4.78 is 48.8. The minimum absolute atomic E-state index is 0.108. The molecule has 0 aliphatic carbocycles. The number of carbonyl (C=O) groups excluding carboxylic acids is 1. The van der Waals surface area contributed by atoms with E-state index < -0.39 is 22.7 Å². The Morgan fingerprint density at radius 3 is 2.42 bits per heavy atom. The smallest absolute Gasteiger partial charge is 0.412 e. The van der Waals surface area contributed by atoms with Crippen LogP contribution in [0.5, 0.6) is 23.0 Å². The third kappa shape index (κ3) is 5.64. The van der Waals surface area contributed by atoms with Crippen LogP contribution in [0.3, 0.4) is 0 Å². The van der Waals surface area contributed by atoms with Crippen molar-refractivity contribution in [2.75, 3.05) is 37.9 Å². The number of nitrogens with zero attached hydrogens (tertiary/aromatic N) is 1. The van der Waals surface area contributed by atoms with Gasteiger partial charge in [-0.15, -0.1) is 0 Å². The summed E-state index contributed by atoms with van der Waals surface area (Å²) in [6, 6.07) is 16.9. The number of aliphatic hydroxyl groups is 1. The minimum Gasteiger partial charge on any atom is -0.495 e. The van der Waals surface area contributed by atoms with Crippen molar-refractivity contribution in [1.29, 1.82) is 0 Å². The van der Waals surface area contributed by atoms with Gasteiger partial charge in [-0.1, -0.05) is 23.7 Å². The number of benzene rings is 3. The van der Waals surface area contributed by atoms with E-state index in [1.165, 1.54) is 26.3 Å². The highest BCUT2D eigenvalue weighted by Crippen LogP contribution is 2.45. The van der Waals surface area contributed by atoms with E-state index in [9.17, 15) is 18.3 Å². The van der Waals surface area contributed by atoms with Crippen LogP contribution in [0.15, 0.2) is 65.1 Å². The number of nitrogens with one attached hydrogen (secondary N) is 1. The predicted octanol–water partition coefficient (Wildman–Crippen LogP) is 5.03. The number of aliphatic hydroxyl groups excluding tert-OH is 1. The molecule has 10 nitrogen and oxygen atoms in total. The van der Waals surface area contributed by atoms with Gasteiger partial charge in [-0.05, 0) is 42.5 Å². The summed E-state index contributed by atoms with van der Waals surface area (Å²) in [6.45, 7) is -0.603. The standard InChI is InChI=1S/C26H25ClN2O8S/c1-28-26(31)37-25-18-14-23(34-2)20(29(12-13-30)38(3,32)33)15-22(18)36-24(25)16-8-10-17(11-9-16)35-21-7-5-4-6-19(21)27/h4-11,14-15,30H,12-13H2,1-3H3,(H,28,31). The SMILES string of the molecule is CNC(=O)Oc1c(-c2ccc(Oc3ccccc3Cl)cc2)oc2cc(N(CCO)S(C)(=O)=O)c(OC)cc12. The van der Waals surface area contributed by atoms with Gasteiger partial charge in [0.25, 0.3) is 0 Å². The zero-order chi connectivity index (χ0) is 27.4. The average molecular weight is 561 g/mol. The van der Waals surface area contributed by atoms with Crippen LogP contribution in [0.4, 0.5) is 10.5 Å². The number of furan rings is 1. The number of hydrogen-bond donors (Lipinski definition) is 2. The number of carbonyl (C=O) groups is 1. The van der Waals surface area contributed by atoms with E-state index in [-0.39, 0.29) is 35.1 Å². The molecule has 4 aromatic rings. The van der Waals surface area contributed by atoms with Crippen molar-refractivity contribution in [2.45, 2.75) is 0 Å². The van der Waals surface area contributed by atoms with E-state index >= 15 is 0 Å². The van der Waals surface area contributed by atoms with Gasteiger partial charge < -0.3 is 29.1 Å². The minimum atomic E-state index is -3.76. The summed E-state index contributed by atoms with van der Waals surface area (Å²) in [4.78, 5) is 12.2. The van der Waals surface area contributed by atoms with Crippen LogP contribution >= 0.6 is 11.6 Å². The molecule has 0 spiro atoms. The van der Waals surface area contributed by atoms with Gasteiger partial charge in [0.05, 0.1) is 42.6 Å². The molecule has 38 heavy (non-hydrogen) atoms. The number of ether oxygens (including phenoxy) is 3. The van der Waals surface area contributed by atoms with Crippen molar-refractivity contribution in [1.82, 2.24) is 5.32 Å². The number of halogens is 1. The second kappa shape index (κ2) is 11.2. The molecule has 0 atom stereocenters. The van der Waals surface area contributed by atoms with Crippen LogP contribution < -0.4 is 23.8 Å². The summed E-state index contributed by atoms with van der Waals surface area (Å²) in [6.07, 6.45) is 0.292. The highest BCUT2D eigenvalue weighted by atomic mass is 35.5. The molecule has 0 aliphatic rings. The Labute approximate surface area is 224 Å². The molecule has 1 aromatic heterocycles. The van der Waals surface area contributed by atoms with E-state index in [1.807, 2.05) is 0 Å². The molecule has 2 N–H and O–H groups in total. The number of methoxy groups -OCH3 is 1. The van der Waals surface area contributed by atoms with Crippen LogP contribution in [0.2, 0.25) is 5.02 Å². The molecule has 0 aliphatic heterocycles.